The molecule has 0 aliphatic carbocycles. The van der Waals surface area contributed by atoms with Gasteiger partial charge in [0.15, 0.2) is 5.82 Å². The molecule has 0 saturated heterocycles. The van der Waals surface area contributed by atoms with Gasteiger partial charge >= 0.3 is 0 Å². The summed E-state index contributed by atoms with van der Waals surface area (Å²) >= 11 is 1.47. The molecule has 0 aromatic carbocycles. The molecular formula is C9H12N4O2S. The van der Waals surface area contributed by atoms with Crippen molar-refractivity contribution in [1.29, 1.82) is 0 Å². The molecule has 1 unspecified atom stereocenters. The van der Waals surface area contributed by atoms with Crippen molar-refractivity contribution in [3.05, 3.63) is 16.7 Å². The van der Waals surface area contributed by atoms with Gasteiger partial charge in [-0.05, 0) is 6.92 Å². The van der Waals surface area contributed by atoms with Crippen molar-refractivity contribution in [3.8, 4) is 11.6 Å². The standard InChI is InChI=1S/C9H12N4O2S/c1-9(10,4-14-2)8-12-7(15-13-8)6-3-16-5-11-6/h3,5H,4,10H2,1-2H3. The second kappa shape index (κ2) is 4.28. The Morgan fingerprint density at radius 1 is 1.62 bits per heavy atom. The number of hydrogen-bond donors (Lipinski definition) is 1. The Hall–Kier alpha value is -1.31. The summed E-state index contributed by atoms with van der Waals surface area (Å²) in [5, 5.41) is 5.67. The van der Waals surface area contributed by atoms with E-state index in [2.05, 4.69) is 15.1 Å². The molecule has 86 valence electrons. The van der Waals surface area contributed by atoms with E-state index in [0.717, 1.165) is 0 Å². The fourth-order valence-electron chi connectivity index (χ4n) is 1.24. The van der Waals surface area contributed by atoms with Crippen LogP contribution in [0.25, 0.3) is 11.6 Å². The molecule has 7 heteroatoms. The normalized spacial score (nSPS) is 14.9. The highest BCUT2D eigenvalue weighted by Crippen LogP contribution is 2.20. The highest BCUT2D eigenvalue weighted by Gasteiger charge is 2.28. The van der Waals surface area contributed by atoms with E-state index in [-0.39, 0.29) is 0 Å². The molecule has 6 nitrogen and oxygen atoms in total. The molecule has 0 fully saturated rings. The maximum Gasteiger partial charge on any atom is 0.277 e. The largest absolute Gasteiger partial charge is 0.382 e. The van der Waals surface area contributed by atoms with Crippen LogP contribution < -0.4 is 5.73 Å². The molecule has 0 amide bonds. The van der Waals surface area contributed by atoms with Gasteiger partial charge in [0.1, 0.15) is 11.2 Å². The van der Waals surface area contributed by atoms with Crippen LogP contribution in [0.4, 0.5) is 0 Å². The summed E-state index contributed by atoms with van der Waals surface area (Å²) in [6.07, 6.45) is 0. The van der Waals surface area contributed by atoms with Gasteiger partial charge < -0.3 is 15.0 Å². The maximum atomic E-state index is 5.99. The van der Waals surface area contributed by atoms with Crippen LogP contribution in [-0.4, -0.2) is 28.8 Å². The highest BCUT2D eigenvalue weighted by molar-refractivity contribution is 7.07. The topological polar surface area (TPSA) is 87.1 Å². The zero-order chi connectivity index (χ0) is 11.6. The van der Waals surface area contributed by atoms with Crippen LogP contribution in [0.5, 0.6) is 0 Å². The lowest BCUT2D eigenvalue weighted by atomic mass is 10.1. The van der Waals surface area contributed by atoms with Crippen molar-refractivity contribution in [2.24, 2.45) is 5.73 Å². The van der Waals surface area contributed by atoms with Crippen LogP contribution in [0.3, 0.4) is 0 Å². The van der Waals surface area contributed by atoms with Crippen LogP contribution in [-0.2, 0) is 10.3 Å². The minimum absolute atomic E-state index is 0.322. The van der Waals surface area contributed by atoms with Crippen LogP contribution in [0, 0.1) is 0 Å². The van der Waals surface area contributed by atoms with E-state index < -0.39 is 5.54 Å². The van der Waals surface area contributed by atoms with Crippen LogP contribution in [0.2, 0.25) is 0 Å². The lowest BCUT2D eigenvalue weighted by Crippen LogP contribution is -2.38. The molecule has 0 bridgehead atoms. The van der Waals surface area contributed by atoms with Crippen LogP contribution >= 0.6 is 11.3 Å². The van der Waals surface area contributed by atoms with E-state index in [0.29, 0.717) is 24.0 Å². The predicted octanol–water partition coefficient (Wildman–Crippen LogP) is 1.01. The number of nitrogens with zero attached hydrogens (tertiary/aromatic N) is 3. The average Bonchev–Trinajstić information content (AvgIpc) is 2.89. The summed E-state index contributed by atoms with van der Waals surface area (Å²) in [5.41, 5.74) is 7.60. The van der Waals surface area contributed by atoms with Crippen LogP contribution in [0.15, 0.2) is 15.4 Å². The number of hydrogen-bond acceptors (Lipinski definition) is 7. The summed E-state index contributed by atoms with van der Waals surface area (Å²) < 4.78 is 10.1. The van der Waals surface area contributed by atoms with E-state index in [4.69, 9.17) is 15.0 Å². The van der Waals surface area contributed by atoms with Gasteiger partial charge in [-0.25, -0.2) is 4.98 Å². The van der Waals surface area contributed by atoms with Crippen molar-refractivity contribution in [2.45, 2.75) is 12.5 Å². The van der Waals surface area contributed by atoms with Gasteiger partial charge in [-0.2, -0.15) is 4.98 Å². The molecule has 1 atom stereocenters. The number of methoxy groups -OCH3 is 1. The number of thiazole rings is 1. The Bertz CT molecular complexity index is 452. The molecule has 2 aromatic heterocycles. The monoisotopic (exact) mass is 240 g/mol. The van der Waals surface area contributed by atoms with Crippen molar-refractivity contribution in [2.75, 3.05) is 13.7 Å². The zero-order valence-corrected chi connectivity index (χ0v) is 9.82. The number of nitrogens with two attached hydrogens (primary N) is 1. The Balaban J connectivity index is 2.26. The molecule has 2 N–H and O–H groups in total. The molecule has 0 saturated carbocycles. The SMILES string of the molecule is COCC(C)(N)c1noc(-c2cscn2)n1. The smallest absolute Gasteiger partial charge is 0.277 e. The van der Waals surface area contributed by atoms with Crippen LogP contribution in [0.1, 0.15) is 12.7 Å². The fourth-order valence-corrected chi connectivity index (χ4v) is 1.77. The van der Waals surface area contributed by atoms with Gasteiger partial charge in [-0.15, -0.1) is 11.3 Å². The Morgan fingerprint density at radius 2 is 2.44 bits per heavy atom. The van der Waals surface area contributed by atoms with E-state index in [1.165, 1.54) is 11.3 Å². The lowest BCUT2D eigenvalue weighted by molar-refractivity contribution is 0.135. The van der Waals surface area contributed by atoms with E-state index in [1.54, 1.807) is 19.5 Å². The van der Waals surface area contributed by atoms with Crippen molar-refractivity contribution in [1.82, 2.24) is 15.1 Å². The highest BCUT2D eigenvalue weighted by atomic mass is 32.1. The minimum Gasteiger partial charge on any atom is -0.382 e. The minimum atomic E-state index is -0.757. The first kappa shape index (κ1) is 11.2. The summed E-state index contributed by atoms with van der Waals surface area (Å²) in [6.45, 7) is 2.11. The molecule has 2 heterocycles. The van der Waals surface area contributed by atoms with Gasteiger partial charge in [0.2, 0.25) is 0 Å². The first-order valence-corrected chi connectivity index (χ1v) is 5.58. The molecule has 16 heavy (non-hydrogen) atoms. The number of aromatic nitrogens is 3. The number of ether oxygens (including phenoxy) is 1. The predicted molar refractivity (Wildman–Crippen MR) is 58.8 cm³/mol. The maximum absolute atomic E-state index is 5.99. The third kappa shape index (κ3) is 2.11. The van der Waals surface area contributed by atoms with E-state index in [9.17, 15) is 0 Å². The number of rotatable bonds is 4. The van der Waals surface area contributed by atoms with Gasteiger partial charge in [0, 0.05) is 12.5 Å². The molecule has 0 aliphatic heterocycles. The summed E-state index contributed by atoms with van der Waals surface area (Å²) in [4.78, 5) is 8.28. The molecule has 0 aliphatic rings. The van der Waals surface area contributed by atoms with E-state index >= 15 is 0 Å². The Kier molecular flexibility index (Phi) is 2.99. The lowest BCUT2D eigenvalue weighted by Gasteiger charge is -2.18. The Labute approximate surface area is 96.4 Å². The first-order chi connectivity index (χ1) is 7.63. The first-order valence-electron chi connectivity index (χ1n) is 4.64. The molecular weight excluding hydrogens is 228 g/mol. The zero-order valence-electron chi connectivity index (χ0n) is 9.01. The third-order valence-corrected chi connectivity index (χ3v) is 2.62. The fraction of sp³-hybridized carbons (Fsp3) is 0.444. The molecule has 2 rings (SSSR count). The second-order valence-electron chi connectivity index (χ2n) is 3.65. The van der Waals surface area contributed by atoms with E-state index in [1.807, 2.05) is 5.38 Å². The van der Waals surface area contributed by atoms with Crippen molar-refractivity contribution >= 4 is 11.3 Å². The van der Waals surface area contributed by atoms with Gasteiger partial charge in [-0.1, -0.05) is 5.16 Å². The van der Waals surface area contributed by atoms with Gasteiger partial charge in [-0.3, -0.25) is 0 Å². The summed E-state index contributed by atoms with van der Waals surface area (Å²) in [6, 6.07) is 0. The molecule has 0 radical (unpaired) electrons. The average molecular weight is 240 g/mol. The summed E-state index contributed by atoms with van der Waals surface area (Å²) in [7, 11) is 1.58. The quantitative estimate of drug-likeness (QED) is 0.858. The second-order valence-corrected chi connectivity index (χ2v) is 4.37. The summed E-state index contributed by atoms with van der Waals surface area (Å²) in [5.74, 6) is 0.793. The third-order valence-electron chi connectivity index (χ3n) is 2.03. The van der Waals surface area contributed by atoms with Gasteiger partial charge in [0.05, 0.1) is 12.1 Å². The molecule has 2 aromatic rings. The Morgan fingerprint density at radius 3 is 3.06 bits per heavy atom. The van der Waals surface area contributed by atoms with Gasteiger partial charge in [0.25, 0.3) is 5.89 Å². The van der Waals surface area contributed by atoms with Crippen molar-refractivity contribution < 1.29 is 9.26 Å². The van der Waals surface area contributed by atoms with Crippen molar-refractivity contribution in [3.63, 3.8) is 0 Å². The molecule has 0 spiro atoms.